The molecule has 0 spiro atoms. The molecule has 96 valence electrons. The van der Waals surface area contributed by atoms with Crippen LogP contribution in [0.15, 0.2) is 24.3 Å². The Kier molecular flexibility index (Phi) is 5.90. The molecule has 0 aliphatic heterocycles. The summed E-state index contributed by atoms with van der Waals surface area (Å²) in [6.45, 7) is 11.1. The molecule has 0 aromatic heterocycles. The molecule has 0 saturated heterocycles. The lowest BCUT2D eigenvalue weighted by atomic mass is 9.97. The Morgan fingerprint density at radius 3 is 2.47 bits per heavy atom. The molecule has 0 heterocycles. The quantitative estimate of drug-likeness (QED) is 0.747. The molecule has 1 atom stereocenters. The normalized spacial score (nSPS) is 12.8. The van der Waals surface area contributed by atoms with E-state index in [-0.39, 0.29) is 0 Å². The van der Waals surface area contributed by atoms with Crippen LogP contribution in [0, 0.1) is 18.8 Å². The molecule has 17 heavy (non-hydrogen) atoms. The van der Waals surface area contributed by atoms with E-state index in [0.29, 0.717) is 11.8 Å². The van der Waals surface area contributed by atoms with Crippen molar-refractivity contribution in [3.8, 4) is 0 Å². The molecule has 0 radical (unpaired) electrons. The van der Waals surface area contributed by atoms with Crippen molar-refractivity contribution in [2.45, 2.75) is 27.7 Å². The summed E-state index contributed by atoms with van der Waals surface area (Å²) in [5.41, 5.74) is 2.66. The highest BCUT2D eigenvalue weighted by atomic mass is 32.1. The highest BCUT2D eigenvalue weighted by Gasteiger charge is 2.15. The molecular formula is C15H25NS. The molecule has 0 N–H and O–H groups in total. The predicted octanol–water partition coefficient (Wildman–Crippen LogP) is 4.02. The van der Waals surface area contributed by atoms with E-state index >= 15 is 0 Å². The van der Waals surface area contributed by atoms with Crippen LogP contribution in [0.4, 0.5) is 5.69 Å². The van der Waals surface area contributed by atoms with Gasteiger partial charge in [-0.3, -0.25) is 0 Å². The Morgan fingerprint density at radius 1 is 1.29 bits per heavy atom. The van der Waals surface area contributed by atoms with Gasteiger partial charge in [0.2, 0.25) is 0 Å². The van der Waals surface area contributed by atoms with Crippen LogP contribution in [0.25, 0.3) is 0 Å². The van der Waals surface area contributed by atoms with Crippen molar-refractivity contribution in [2.75, 3.05) is 23.7 Å². The molecule has 0 aliphatic carbocycles. The molecule has 1 unspecified atom stereocenters. The fraction of sp³-hybridized carbons (Fsp3) is 0.600. The second-order valence-electron chi connectivity index (χ2n) is 5.06. The van der Waals surface area contributed by atoms with Gasteiger partial charge in [-0.1, -0.05) is 26.0 Å². The lowest BCUT2D eigenvalue weighted by Crippen LogP contribution is -2.32. The zero-order valence-corrected chi connectivity index (χ0v) is 12.4. The first-order chi connectivity index (χ1) is 8.08. The number of benzene rings is 1. The molecule has 0 aliphatic rings. The summed E-state index contributed by atoms with van der Waals surface area (Å²) < 4.78 is 0. The average Bonchev–Trinajstić information content (AvgIpc) is 2.30. The van der Waals surface area contributed by atoms with E-state index in [1.807, 2.05) is 0 Å². The first-order valence-corrected chi connectivity index (χ1v) is 7.14. The largest absolute Gasteiger partial charge is 0.371 e. The maximum Gasteiger partial charge on any atom is 0.0368 e. The number of aryl methyl sites for hydroxylation is 1. The van der Waals surface area contributed by atoms with Gasteiger partial charge in [-0.25, -0.2) is 0 Å². The van der Waals surface area contributed by atoms with Gasteiger partial charge in [-0.2, -0.15) is 12.6 Å². The van der Waals surface area contributed by atoms with Crippen molar-refractivity contribution in [3.05, 3.63) is 29.8 Å². The second kappa shape index (κ2) is 6.95. The summed E-state index contributed by atoms with van der Waals surface area (Å²) in [6.07, 6.45) is 0. The highest BCUT2D eigenvalue weighted by molar-refractivity contribution is 7.80. The van der Waals surface area contributed by atoms with E-state index in [4.69, 9.17) is 0 Å². The minimum absolute atomic E-state index is 0.652. The first-order valence-electron chi connectivity index (χ1n) is 6.51. The third-order valence-corrected chi connectivity index (χ3v) is 3.85. The van der Waals surface area contributed by atoms with Crippen LogP contribution in [-0.2, 0) is 0 Å². The zero-order chi connectivity index (χ0) is 12.8. The summed E-state index contributed by atoms with van der Waals surface area (Å²) in [7, 11) is 0. The second-order valence-corrected chi connectivity index (χ2v) is 5.43. The minimum atomic E-state index is 0.652. The van der Waals surface area contributed by atoms with Crippen LogP contribution in [0.2, 0.25) is 0 Å². The Hall–Kier alpha value is -0.630. The van der Waals surface area contributed by atoms with Gasteiger partial charge in [0.15, 0.2) is 0 Å². The van der Waals surface area contributed by atoms with E-state index < -0.39 is 0 Å². The van der Waals surface area contributed by atoms with Crippen LogP contribution >= 0.6 is 12.6 Å². The minimum Gasteiger partial charge on any atom is -0.371 e. The Labute approximate surface area is 112 Å². The summed E-state index contributed by atoms with van der Waals surface area (Å²) in [5.74, 6) is 2.30. The Balaban J connectivity index is 2.78. The Bertz CT molecular complexity index is 335. The third kappa shape index (κ3) is 4.27. The smallest absolute Gasteiger partial charge is 0.0368 e. The molecular weight excluding hydrogens is 226 g/mol. The summed E-state index contributed by atoms with van der Waals surface area (Å²) in [4.78, 5) is 2.45. The summed E-state index contributed by atoms with van der Waals surface area (Å²) >= 11 is 4.47. The van der Waals surface area contributed by atoms with E-state index in [1.165, 1.54) is 11.3 Å². The lowest BCUT2D eigenvalue weighted by molar-refractivity contribution is 0.425. The summed E-state index contributed by atoms with van der Waals surface area (Å²) in [5, 5.41) is 0. The van der Waals surface area contributed by atoms with E-state index in [0.717, 1.165) is 18.8 Å². The topological polar surface area (TPSA) is 3.24 Å². The summed E-state index contributed by atoms with van der Waals surface area (Å²) in [6, 6.07) is 8.75. The van der Waals surface area contributed by atoms with Gasteiger partial charge in [0.05, 0.1) is 0 Å². The van der Waals surface area contributed by atoms with Gasteiger partial charge in [0.1, 0.15) is 0 Å². The average molecular weight is 251 g/mol. The maximum atomic E-state index is 4.47. The van der Waals surface area contributed by atoms with Crippen molar-refractivity contribution in [1.29, 1.82) is 0 Å². The van der Waals surface area contributed by atoms with Gasteiger partial charge in [-0.05, 0) is 49.1 Å². The molecule has 0 saturated carbocycles. The van der Waals surface area contributed by atoms with E-state index in [9.17, 15) is 0 Å². The van der Waals surface area contributed by atoms with Gasteiger partial charge in [0, 0.05) is 18.8 Å². The number of rotatable bonds is 6. The fourth-order valence-corrected chi connectivity index (χ4v) is 2.54. The van der Waals surface area contributed by atoms with Crippen LogP contribution in [-0.4, -0.2) is 18.8 Å². The monoisotopic (exact) mass is 251 g/mol. The van der Waals surface area contributed by atoms with Crippen molar-refractivity contribution in [1.82, 2.24) is 0 Å². The molecule has 2 heteroatoms. The predicted molar refractivity (Wildman–Crippen MR) is 81.2 cm³/mol. The number of thiol groups is 1. The van der Waals surface area contributed by atoms with Crippen molar-refractivity contribution < 1.29 is 0 Å². The molecule has 1 rings (SSSR count). The van der Waals surface area contributed by atoms with Crippen molar-refractivity contribution in [2.24, 2.45) is 11.8 Å². The number of nitrogens with zero attached hydrogens (tertiary/aromatic N) is 1. The van der Waals surface area contributed by atoms with Crippen LogP contribution in [0.5, 0.6) is 0 Å². The molecule has 1 aromatic rings. The maximum absolute atomic E-state index is 4.47. The van der Waals surface area contributed by atoms with Gasteiger partial charge >= 0.3 is 0 Å². The zero-order valence-electron chi connectivity index (χ0n) is 11.5. The van der Waals surface area contributed by atoms with E-state index in [2.05, 4.69) is 69.5 Å². The van der Waals surface area contributed by atoms with Crippen molar-refractivity contribution in [3.63, 3.8) is 0 Å². The standard InChI is InChI=1S/C15H25NS/c1-5-16(10-14(11-17)12(2)3)15-8-6-7-13(4)9-15/h6-9,12,14,17H,5,10-11H2,1-4H3. The number of anilines is 1. The Morgan fingerprint density at radius 2 is 2.00 bits per heavy atom. The molecule has 0 amide bonds. The van der Waals surface area contributed by atoms with Crippen LogP contribution in [0.1, 0.15) is 26.3 Å². The number of hydrogen-bond acceptors (Lipinski definition) is 2. The van der Waals surface area contributed by atoms with Crippen LogP contribution < -0.4 is 4.90 Å². The molecule has 0 fully saturated rings. The fourth-order valence-electron chi connectivity index (χ4n) is 2.00. The third-order valence-electron chi connectivity index (χ3n) is 3.38. The SMILES string of the molecule is CCN(CC(CS)C(C)C)c1cccc(C)c1. The lowest BCUT2D eigenvalue weighted by Gasteiger charge is -2.30. The van der Waals surface area contributed by atoms with E-state index in [1.54, 1.807) is 0 Å². The first kappa shape index (κ1) is 14.4. The van der Waals surface area contributed by atoms with Gasteiger partial charge in [0.25, 0.3) is 0 Å². The molecule has 0 bridgehead atoms. The molecule has 1 nitrogen and oxygen atoms in total. The van der Waals surface area contributed by atoms with Gasteiger partial charge < -0.3 is 4.90 Å². The number of hydrogen-bond donors (Lipinski definition) is 1. The van der Waals surface area contributed by atoms with Gasteiger partial charge in [-0.15, -0.1) is 0 Å². The molecule has 1 aromatic carbocycles. The van der Waals surface area contributed by atoms with Crippen molar-refractivity contribution >= 4 is 18.3 Å². The highest BCUT2D eigenvalue weighted by Crippen LogP contribution is 2.20. The van der Waals surface area contributed by atoms with Crippen LogP contribution in [0.3, 0.4) is 0 Å².